The summed E-state index contributed by atoms with van der Waals surface area (Å²) in [4.78, 5) is 15.8. The predicted octanol–water partition coefficient (Wildman–Crippen LogP) is 8.20. The number of aliphatic hydroxyl groups excluding tert-OH is 1. The third-order valence-electron chi connectivity index (χ3n) is 7.43. The minimum Gasteiger partial charge on any atom is -0.507 e. The Morgan fingerprint density at radius 2 is 1.73 bits per heavy atom. The van der Waals surface area contributed by atoms with Gasteiger partial charge in [0, 0.05) is 50.9 Å². The second-order valence-corrected chi connectivity index (χ2v) is 11.6. The van der Waals surface area contributed by atoms with Gasteiger partial charge in [-0.05, 0) is 41.7 Å². The van der Waals surface area contributed by atoms with E-state index in [1.807, 2.05) is 32.0 Å². The molecule has 0 saturated carbocycles. The van der Waals surface area contributed by atoms with Crippen LogP contribution in [-0.2, 0) is 4.79 Å². The smallest absolute Gasteiger partial charge is 0.162 e. The highest BCUT2D eigenvalue weighted by atomic mass is 35.5. The number of hydrogen-bond donors (Lipinski definition) is 2. The number of carbonyl (C=O) groups is 1. The molecule has 1 unspecified atom stereocenters. The van der Waals surface area contributed by atoms with Crippen molar-refractivity contribution in [3.63, 3.8) is 0 Å². The highest BCUT2D eigenvalue weighted by Gasteiger charge is 2.47. The Hall–Kier alpha value is -3.74. The van der Waals surface area contributed by atoms with Gasteiger partial charge in [0.05, 0.1) is 19.9 Å². The molecule has 40 heavy (non-hydrogen) atoms. The molecule has 3 aromatic rings. The van der Waals surface area contributed by atoms with Gasteiger partial charge in [-0.25, -0.2) is 0 Å². The highest BCUT2D eigenvalue weighted by Crippen LogP contribution is 2.53. The monoisotopic (exact) mass is 576 g/mol. The van der Waals surface area contributed by atoms with Crippen LogP contribution in [0.3, 0.4) is 0 Å². The quantitative estimate of drug-likeness (QED) is 0.299. The van der Waals surface area contributed by atoms with Crippen molar-refractivity contribution in [2.75, 3.05) is 19.1 Å². The lowest BCUT2D eigenvalue weighted by Gasteiger charge is -2.45. The molecule has 6 nitrogen and oxygen atoms in total. The molecule has 2 N–H and O–H groups in total. The number of nitrogens with zero attached hydrogens (tertiary/aromatic N) is 1. The van der Waals surface area contributed by atoms with Crippen molar-refractivity contribution in [3.8, 4) is 11.5 Å². The first-order chi connectivity index (χ1) is 19.1. The highest BCUT2D eigenvalue weighted by molar-refractivity contribution is 6.35. The fraction of sp³-hybridized carbons (Fsp3) is 0.250. The molecule has 8 heteroatoms. The molecule has 1 aliphatic heterocycles. The molecule has 0 radical (unpaired) electrons. The number of aliphatic hydroxyl groups is 1. The number of benzene rings is 3. The van der Waals surface area contributed by atoms with E-state index < -0.39 is 5.92 Å². The number of halogens is 2. The molecule has 2 aliphatic rings. The summed E-state index contributed by atoms with van der Waals surface area (Å²) in [6.07, 6.45) is 0.821. The Bertz CT molecular complexity index is 1580. The van der Waals surface area contributed by atoms with Gasteiger partial charge in [-0.15, -0.1) is 0 Å². The zero-order valence-electron chi connectivity index (χ0n) is 22.7. The number of amidine groups is 1. The average molecular weight is 578 g/mol. The molecule has 0 amide bonds. The van der Waals surface area contributed by atoms with Crippen LogP contribution >= 0.6 is 23.2 Å². The molecular formula is C32H30Cl2N2O4. The minimum absolute atomic E-state index is 0.00757. The number of allylic oxidation sites excluding steroid dienone is 2. The molecule has 0 bridgehead atoms. The molecule has 0 saturated heterocycles. The third kappa shape index (κ3) is 4.87. The summed E-state index contributed by atoms with van der Waals surface area (Å²) in [5.41, 5.74) is 2.68. The maximum atomic E-state index is 14.1. The molecule has 0 spiro atoms. The Morgan fingerprint density at radius 1 is 1.00 bits per heavy atom. The number of Topliss-reactive ketones (excluding diaryl/α,β-unsaturated/α-hetero) is 1. The molecule has 3 aromatic carbocycles. The van der Waals surface area contributed by atoms with Crippen LogP contribution in [0.15, 0.2) is 83.6 Å². The first-order valence-electron chi connectivity index (χ1n) is 12.9. The van der Waals surface area contributed by atoms with E-state index in [0.29, 0.717) is 62.5 Å². The van der Waals surface area contributed by atoms with Crippen LogP contribution in [-0.4, -0.2) is 30.9 Å². The SMILES string of the molecule is COc1ccc(OC)c(N2C(=N)/C(=C(/O)c3ccccc3)C(c3ccc(Cl)cc3Cl)C3=C2CC(C)(C)CC3=O)c1. The van der Waals surface area contributed by atoms with Gasteiger partial charge in [0.1, 0.15) is 23.1 Å². The van der Waals surface area contributed by atoms with Gasteiger partial charge in [-0.1, -0.05) is 73.4 Å². The Balaban J connectivity index is 1.91. The number of ether oxygens (including phenoxy) is 2. The van der Waals surface area contributed by atoms with Crippen molar-refractivity contribution < 1.29 is 19.4 Å². The van der Waals surface area contributed by atoms with Gasteiger partial charge in [0.2, 0.25) is 0 Å². The van der Waals surface area contributed by atoms with E-state index in [9.17, 15) is 15.3 Å². The third-order valence-corrected chi connectivity index (χ3v) is 7.99. The van der Waals surface area contributed by atoms with E-state index in [2.05, 4.69) is 0 Å². The first kappa shape index (κ1) is 27.8. The van der Waals surface area contributed by atoms with Crippen LogP contribution in [0, 0.1) is 10.8 Å². The van der Waals surface area contributed by atoms with Crippen LogP contribution in [0.25, 0.3) is 5.76 Å². The zero-order chi connectivity index (χ0) is 28.8. The predicted molar refractivity (Wildman–Crippen MR) is 160 cm³/mol. The number of hydrogen-bond acceptors (Lipinski definition) is 5. The number of ketones is 1. The topological polar surface area (TPSA) is 82.8 Å². The second kappa shape index (κ2) is 10.7. The van der Waals surface area contributed by atoms with Crippen LogP contribution in [0.1, 0.15) is 43.7 Å². The molecular weight excluding hydrogens is 547 g/mol. The van der Waals surface area contributed by atoms with Crippen molar-refractivity contribution in [1.82, 2.24) is 0 Å². The molecule has 1 heterocycles. The normalized spacial score (nSPS) is 19.9. The Morgan fingerprint density at radius 3 is 2.38 bits per heavy atom. The summed E-state index contributed by atoms with van der Waals surface area (Å²) in [6.45, 7) is 4.08. The van der Waals surface area contributed by atoms with Crippen LogP contribution in [0.4, 0.5) is 5.69 Å². The van der Waals surface area contributed by atoms with Gasteiger partial charge in [0.15, 0.2) is 5.78 Å². The van der Waals surface area contributed by atoms with Crippen molar-refractivity contribution >= 4 is 46.3 Å². The Kier molecular flexibility index (Phi) is 7.42. The summed E-state index contributed by atoms with van der Waals surface area (Å²) in [7, 11) is 3.12. The van der Waals surface area contributed by atoms with Crippen molar-refractivity contribution in [2.45, 2.75) is 32.6 Å². The van der Waals surface area contributed by atoms with Gasteiger partial charge in [-0.3, -0.25) is 15.1 Å². The van der Waals surface area contributed by atoms with Gasteiger partial charge < -0.3 is 14.6 Å². The number of anilines is 1. The molecule has 206 valence electrons. The number of nitrogens with one attached hydrogen (secondary N) is 1. The van der Waals surface area contributed by atoms with E-state index >= 15 is 0 Å². The summed E-state index contributed by atoms with van der Waals surface area (Å²) < 4.78 is 11.2. The van der Waals surface area contributed by atoms with Crippen LogP contribution < -0.4 is 14.4 Å². The maximum absolute atomic E-state index is 14.1. The minimum atomic E-state index is -0.788. The lowest BCUT2D eigenvalue weighted by molar-refractivity contribution is -0.118. The molecule has 5 rings (SSSR count). The summed E-state index contributed by atoms with van der Waals surface area (Å²) in [6, 6.07) is 19.4. The molecule has 1 atom stereocenters. The largest absolute Gasteiger partial charge is 0.507 e. The van der Waals surface area contributed by atoms with Gasteiger partial charge >= 0.3 is 0 Å². The van der Waals surface area contributed by atoms with E-state index in [1.54, 1.807) is 67.7 Å². The molecule has 1 aliphatic carbocycles. The lowest BCUT2D eigenvalue weighted by atomic mass is 9.67. The Labute approximate surface area is 243 Å². The lowest BCUT2D eigenvalue weighted by Crippen LogP contribution is -2.45. The van der Waals surface area contributed by atoms with E-state index in [4.69, 9.17) is 32.7 Å². The summed E-state index contributed by atoms with van der Waals surface area (Å²) >= 11 is 13.0. The molecule has 0 aromatic heterocycles. The summed E-state index contributed by atoms with van der Waals surface area (Å²) in [5, 5.41) is 22.2. The maximum Gasteiger partial charge on any atom is 0.162 e. The van der Waals surface area contributed by atoms with Crippen molar-refractivity contribution in [3.05, 3.63) is 105 Å². The number of methoxy groups -OCH3 is 2. The fourth-order valence-electron chi connectivity index (χ4n) is 5.65. The van der Waals surface area contributed by atoms with Gasteiger partial charge in [-0.2, -0.15) is 0 Å². The summed E-state index contributed by atoms with van der Waals surface area (Å²) in [5.74, 6) is 0.0948. The fourth-order valence-corrected chi connectivity index (χ4v) is 6.17. The zero-order valence-corrected chi connectivity index (χ0v) is 24.2. The average Bonchev–Trinajstić information content (AvgIpc) is 2.92. The second-order valence-electron chi connectivity index (χ2n) is 10.8. The number of rotatable bonds is 5. The van der Waals surface area contributed by atoms with Gasteiger partial charge in [0.25, 0.3) is 0 Å². The van der Waals surface area contributed by atoms with E-state index in [1.165, 1.54) is 0 Å². The van der Waals surface area contributed by atoms with E-state index in [-0.39, 0.29) is 28.4 Å². The van der Waals surface area contributed by atoms with Crippen molar-refractivity contribution in [2.24, 2.45) is 5.41 Å². The van der Waals surface area contributed by atoms with Crippen LogP contribution in [0.2, 0.25) is 10.0 Å². The first-order valence-corrected chi connectivity index (χ1v) is 13.6. The molecule has 0 fully saturated rings. The van der Waals surface area contributed by atoms with Crippen LogP contribution in [0.5, 0.6) is 11.5 Å². The number of carbonyl (C=O) groups excluding carboxylic acids is 1. The van der Waals surface area contributed by atoms with Crippen molar-refractivity contribution in [1.29, 1.82) is 5.41 Å². The standard InChI is InChI=1S/C32H30Cl2N2O4/c1-32(2)16-24-28(25(37)17-32)27(21-12-10-19(33)14-22(21)34)29(30(38)18-8-6-5-7-9-18)31(35)36(24)23-15-20(39-3)11-13-26(23)40-4/h5-15,27,35,38H,16-17H2,1-4H3/b30-29+,35-31?. The van der Waals surface area contributed by atoms with E-state index in [0.717, 1.165) is 0 Å².